The summed E-state index contributed by atoms with van der Waals surface area (Å²) < 4.78 is 5.44. The number of benzene rings is 2. The number of amides is 2. The van der Waals surface area contributed by atoms with Gasteiger partial charge in [0, 0.05) is 29.7 Å². The molecule has 2 fully saturated rings. The number of nitrogens with one attached hydrogen (secondary N) is 1. The molecule has 6 rings (SSSR count). The zero-order valence-electron chi connectivity index (χ0n) is 19.5. The third-order valence-electron chi connectivity index (χ3n) is 7.37. The number of aryl methyl sites for hydroxylation is 1. The molecule has 3 heterocycles. The van der Waals surface area contributed by atoms with Crippen LogP contribution in [0, 0.1) is 12.8 Å². The number of fused-ring (bicyclic) bond motifs is 3. The minimum atomic E-state index is -0.157. The highest BCUT2D eigenvalue weighted by molar-refractivity contribution is 6.06. The van der Waals surface area contributed by atoms with Crippen LogP contribution in [0.3, 0.4) is 0 Å². The van der Waals surface area contributed by atoms with Gasteiger partial charge in [-0.05, 0) is 50.3 Å². The number of hydrogen-bond donors (Lipinski definition) is 1. The molecule has 1 aliphatic heterocycles. The SMILES string of the molecule is Cc1ncc(C(=O)N2[C@@H]3CC[C@@H](C3)[C@H]2CNC(=O)c2cccc3occc23)c(-c2ccccc2)n1. The largest absolute Gasteiger partial charge is 0.464 e. The number of likely N-dealkylation sites (tertiary alicyclic amines) is 1. The van der Waals surface area contributed by atoms with Gasteiger partial charge in [0.15, 0.2) is 0 Å². The summed E-state index contributed by atoms with van der Waals surface area (Å²) in [7, 11) is 0. The first kappa shape index (κ1) is 21.5. The third-order valence-corrected chi connectivity index (χ3v) is 7.37. The first-order valence-corrected chi connectivity index (χ1v) is 12.1. The normalized spacial score (nSPS) is 20.9. The lowest BCUT2D eigenvalue weighted by Gasteiger charge is -2.36. The minimum absolute atomic E-state index is 0.0568. The summed E-state index contributed by atoms with van der Waals surface area (Å²) in [4.78, 5) is 37.9. The van der Waals surface area contributed by atoms with Crippen LogP contribution in [0.25, 0.3) is 22.2 Å². The molecule has 3 atom stereocenters. The Bertz CT molecular complexity index is 1410. The molecular weight excluding hydrogens is 440 g/mol. The molecule has 1 N–H and O–H groups in total. The summed E-state index contributed by atoms with van der Waals surface area (Å²) >= 11 is 0. The van der Waals surface area contributed by atoms with Crippen LogP contribution < -0.4 is 5.32 Å². The number of nitrogens with zero attached hydrogens (tertiary/aromatic N) is 3. The van der Waals surface area contributed by atoms with Crippen molar-refractivity contribution in [3.63, 3.8) is 0 Å². The Morgan fingerprint density at radius 3 is 2.77 bits per heavy atom. The summed E-state index contributed by atoms with van der Waals surface area (Å²) in [5.41, 5.74) is 3.32. The van der Waals surface area contributed by atoms with Gasteiger partial charge in [0.05, 0.1) is 29.1 Å². The molecule has 1 saturated heterocycles. The van der Waals surface area contributed by atoms with E-state index in [0.717, 1.165) is 30.2 Å². The predicted molar refractivity (Wildman–Crippen MR) is 132 cm³/mol. The first-order valence-electron chi connectivity index (χ1n) is 12.1. The molecule has 1 saturated carbocycles. The lowest BCUT2D eigenvalue weighted by molar-refractivity contribution is 0.0582. The van der Waals surface area contributed by atoms with Crippen molar-refractivity contribution in [2.75, 3.05) is 6.54 Å². The van der Waals surface area contributed by atoms with Gasteiger partial charge in [-0.3, -0.25) is 9.59 Å². The van der Waals surface area contributed by atoms with E-state index in [1.54, 1.807) is 24.6 Å². The smallest absolute Gasteiger partial charge is 0.258 e. The van der Waals surface area contributed by atoms with E-state index in [2.05, 4.69) is 15.3 Å². The van der Waals surface area contributed by atoms with Crippen LogP contribution in [0.4, 0.5) is 0 Å². The van der Waals surface area contributed by atoms with E-state index in [4.69, 9.17) is 4.42 Å². The van der Waals surface area contributed by atoms with Crippen molar-refractivity contribution >= 4 is 22.8 Å². The monoisotopic (exact) mass is 466 g/mol. The Morgan fingerprint density at radius 2 is 1.91 bits per heavy atom. The maximum absolute atomic E-state index is 13.9. The Labute approximate surface area is 203 Å². The Hall–Kier alpha value is -4.00. The van der Waals surface area contributed by atoms with E-state index in [-0.39, 0.29) is 23.9 Å². The van der Waals surface area contributed by atoms with Crippen molar-refractivity contribution in [1.82, 2.24) is 20.2 Å². The van der Waals surface area contributed by atoms with Crippen LogP contribution in [0.2, 0.25) is 0 Å². The highest BCUT2D eigenvalue weighted by atomic mass is 16.3. The molecule has 0 radical (unpaired) electrons. The topological polar surface area (TPSA) is 88.3 Å². The van der Waals surface area contributed by atoms with Crippen molar-refractivity contribution in [2.24, 2.45) is 5.92 Å². The Morgan fingerprint density at radius 1 is 1.06 bits per heavy atom. The maximum atomic E-state index is 13.9. The average Bonchev–Trinajstić information content (AvgIpc) is 3.63. The van der Waals surface area contributed by atoms with Crippen LogP contribution in [0.15, 0.2) is 71.5 Å². The molecule has 35 heavy (non-hydrogen) atoms. The second-order valence-electron chi connectivity index (χ2n) is 9.40. The van der Waals surface area contributed by atoms with Crippen LogP contribution in [-0.4, -0.2) is 45.3 Å². The van der Waals surface area contributed by atoms with E-state index in [1.807, 2.05) is 54.3 Å². The van der Waals surface area contributed by atoms with Crippen molar-refractivity contribution in [2.45, 2.75) is 38.3 Å². The van der Waals surface area contributed by atoms with Gasteiger partial charge in [-0.1, -0.05) is 36.4 Å². The van der Waals surface area contributed by atoms with E-state index in [9.17, 15) is 9.59 Å². The first-order chi connectivity index (χ1) is 17.1. The van der Waals surface area contributed by atoms with Gasteiger partial charge in [0.25, 0.3) is 11.8 Å². The van der Waals surface area contributed by atoms with E-state index in [1.165, 1.54) is 0 Å². The average molecular weight is 467 g/mol. The fourth-order valence-electron chi connectivity index (χ4n) is 5.74. The predicted octanol–water partition coefficient (Wildman–Crippen LogP) is 4.62. The summed E-state index contributed by atoms with van der Waals surface area (Å²) in [6.45, 7) is 2.24. The van der Waals surface area contributed by atoms with Crippen molar-refractivity contribution in [1.29, 1.82) is 0 Å². The third kappa shape index (κ3) is 3.77. The Balaban J connectivity index is 1.27. The minimum Gasteiger partial charge on any atom is -0.464 e. The number of carbonyl (C=O) groups excluding carboxylic acids is 2. The number of rotatable bonds is 5. The Kier molecular flexibility index (Phi) is 5.32. The second kappa shape index (κ2) is 8.65. The summed E-state index contributed by atoms with van der Waals surface area (Å²) in [6.07, 6.45) is 6.27. The van der Waals surface area contributed by atoms with Gasteiger partial charge in [-0.15, -0.1) is 0 Å². The molecule has 0 spiro atoms. The molecule has 2 amide bonds. The number of piperidine rings is 1. The van der Waals surface area contributed by atoms with Crippen LogP contribution in [0.5, 0.6) is 0 Å². The van der Waals surface area contributed by atoms with Crippen molar-refractivity contribution < 1.29 is 14.0 Å². The summed E-state index contributed by atoms with van der Waals surface area (Å²) in [6, 6.07) is 17.1. The fourth-order valence-corrected chi connectivity index (χ4v) is 5.74. The summed E-state index contributed by atoms with van der Waals surface area (Å²) in [5.74, 6) is 0.782. The lowest BCUT2D eigenvalue weighted by atomic mass is 9.97. The molecule has 176 valence electrons. The molecule has 2 aliphatic rings. The fraction of sp³-hybridized carbons (Fsp3) is 0.286. The van der Waals surface area contributed by atoms with Gasteiger partial charge in [-0.25, -0.2) is 9.97 Å². The van der Waals surface area contributed by atoms with Gasteiger partial charge < -0.3 is 14.6 Å². The molecule has 7 nitrogen and oxygen atoms in total. The highest BCUT2D eigenvalue weighted by Gasteiger charge is 2.48. The van der Waals surface area contributed by atoms with E-state index in [0.29, 0.717) is 40.7 Å². The number of aromatic nitrogens is 2. The lowest BCUT2D eigenvalue weighted by Crippen LogP contribution is -2.50. The second-order valence-corrected chi connectivity index (χ2v) is 9.40. The molecule has 2 aromatic carbocycles. The van der Waals surface area contributed by atoms with Gasteiger partial charge in [0.1, 0.15) is 11.4 Å². The number of hydrogen-bond acceptors (Lipinski definition) is 5. The molecule has 1 aliphatic carbocycles. The molecular formula is C28H26N4O3. The van der Waals surface area contributed by atoms with Gasteiger partial charge in [0.2, 0.25) is 0 Å². The van der Waals surface area contributed by atoms with Crippen molar-refractivity contribution in [3.8, 4) is 11.3 Å². The van der Waals surface area contributed by atoms with Crippen LogP contribution in [-0.2, 0) is 0 Å². The van der Waals surface area contributed by atoms with Crippen LogP contribution in [0.1, 0.15) is 45.8 Å². The zero-order chi connectivity index (χ0) is 23.9. The van der Waals surface area contributed by atoms with Crippen LogP contribution >= 0.6 is 0 Å². The standard InChI is InChI=1S/C28H26N4O3/c1-17-29-15-23(26(31-17)18-6-3-2-4-7-18)28(34)32-20-11-10-19(14-20)24(32)16-30-27(33)22-8-5-9-25-21(22)12-13-35-25/h2-9,12-13,15,19-20,24H,10-11,14,16H2,1H3,(H,30,33)/t19-,20+,24+/m0/s1. The molecule has 0 unspecified atom stereocenters. The van der Waals surface area contributed by atoms with E-state index >= 15 is 0 Å². The molecule has 4 aromatic rings. The van der Waals surface area contributed by atoms with Crippen molar-refractivity contribution in [3.05, 3.63) is 84.0 Å². The number of furan rings is 1. The van der Waals surface area contributed by atoms with Gasteiger partial charge in [-0.2, -0.15) is 0 Å². The van der Waals surface area contributed by atoms with Gasteiger partial charge >= 0.3 is 0 Å². The molecule has 2 aromatic heterocycles. The highest BCUT2D eigenvalue weighted by Crippen LogP contribution is 2.43. The maximum Gasteiger partial charge on any atom is 0.258 e. The number of carbonyl (C=O) groups is 2. The van der Waals surface area contributed by atoms with E-state index < -0.39 is 0 Å². The molecule has 7 heteroatoms. The quantitative estimate of drug-likeness (QED) is 0.464. The molecule has 2 bridgehead atoms. The zero-order valence-corrected chi connectivity index (χ0v) is 19.5. The summed E-state index contributed by atoms with van der Waals surface area (Å²) in [5, 5.41) is 3.88.